The zero-order chi connectivity index (χ0) is 13.9. The zero-order valence-corrected chi connectivity index (χ0v) is 12.0. The van der Waals surface area contributed by atoms with Crippen LogP contribution in [0.1, 0.15) is 17.3 Å². The molecular formula is C15H20N4O. The molecule has 0 unspecified atom stereocenters. The van der Waals surface area contributed by atoms with Gasteiger partial charge in [0.05, 0.1) is 6.54 Å². The molecule has 3 rings (SSSR count). The van der Waals surface area contributed by atoms with Crippen LogP contribution in [0.15, 0.2) is 28.7 Å². The molecule has 0 bridgehead atoms. The highest BCUT2D eigenvalue weighted by atomic mass is 16.4. The van der Waals surface area contributed by atoms with Crippen molar-refractivity contribution < 1.29 is 4.42 Å². The normalized spacial score (nSPS) is 16.6. The zero-order valence-electron chi connectivity index (χ0n) is 12.0. The van der Waals surface area contributed by atoms with Crippen LogP contribution < -0.4 is 4.90 Å². The average Bonchev–Trinajstić information content (AvgIpc) is 2.85. The number of hydrogen-bond acceptors (Lipinski definition) is 5. The summed E-state index contributed by atoms with van der Waals surface area (Å²) in [6.45, 7) is 8.84. The van der Waals surface area contributed by atoms with E-state index in [1.54, 1.807) is 0 Å². The van der Waals surface area contributed by atoms with E-state index in [2.05, 4.69) is 51.2 Å². The Morgan fingerprint density at radius 2 is 1.90 bits per heavy atom. The predicted molar refractivity (Wildman–Crippen MR) is 77.7 cm³/mol. The Morgan fingerprint density at radius 3 is 2.55 bits per heavy atom. The van der Waals surface area contributed by atoms with Crippen molar-refractivity contribution in [3.63, 3.8) is 0 Å². The van der Waals surface area contributed by atoms with Gasteiger partial charge in [0.25, 0.3) is 0 Å². The van der Waals surface area contributed by atoms with Crippen LogP contribution in [0, 0.1) is 13.8 Å². The second kappa shape index (κ2) is 5.63. The quantitative estimate of drug-likeness (QED) is 0.855. The second-order valence-electron chi connectivity index (χ2n) is 5.32. The smallest absolute Gasteiger partial charge is 0.230 e. The molecule has 5 nitrogen and oxygen atoms in total. The summed E-state index contributed by atoms with van der Waals surface area (Å²) in [5, 5.41) is 7.93. The van der Waals surface area contributed by atoms with Gasteiger partial charge in [-0.15, -0.1) is 10.2 Å². The molecule has 1 aromatic carbocycles. The number of piperazine rings is 1. The van der Waals surface area contributed by atoms with Crippen LogP contribution in [-0.4, -0.2) is 41.3 Å². The fraction of sp³-hybridized carbons (Fsp3) is 0.467. The van der Waals surface area contributed by atoms with Crippen LogP contribution in [0.4, 0.5) is 5.69 Å². The Morgan fingerprint density at radius 1 is 1.10 bits per heavy atom. The van der Waals surface area contributed by atoms with Crippen LogP contribution in [0.3, 0.4) is 0 Å². The maximum atomic E-state index is 5.44. The minimum atomic E-state index is 0.637. The number of nitrogens with zero attached hydrogens (tertiary/aromatic N) is 4. The number of anilines is 1. The van der Waals surface area contributed by atoms with E-state index in [0.29, 0.717) is 11.8 Å². The maximum absolute atomic E-state index is 5.44. The number of benzene rings is 1. The van der Waals surface area contributed by atoms with E-state index in [4.69, 9.17) is 4.42 Å². The van der Waals surface area contributed by atoms with Gasteiger partial charge in [-0.05, 0) is 24.6 Å². The van der Waals surface area contributed by atoms with E-state index in [9.17, 15) is 0 Å². The first kappa shape index (κ1) is 13.1. The van der Waals surface area contributed by atoms with Crippen molar-refractivity contribution >= 4 is 5.69 Å². The van der Waals surface area contributed by atoms with Crippen LogP contribution in [0.2, 0.25) is 0 Å². The molecule has 0 amide bonds. The number of aryl methyl sites for hydroxylation is 2. The van der Waals surface area contributed by atoms with Gasteiger partial charge < -0.3 is 9.32 Å². The number of hydrogen-bond donors (Lipinski definition) is 0. The van der Waals surface area contributed by atoms with E-state index in [1.807, 2.05) is 6.92 Å². The topological polar surface area (TPSA) is 45.4 Å². The van der Waals surface area contributed by atoms with Gasteiger partial charge in [-0.25, -0.2) is 0 Å². The first-order valence-corrected chi connectivity index (χ1v) is 7.04. The summed E-state index contributed by atoms with van der Waals surface area (Å²) in [6.07, 6.45) is 0. The van der Waals surface area contributed by atoms with Crippen molar-refractivity contribution in [2.45, 2.75) is 20.4 Å². The molecule has 106 valence electrons. The van der Waals surface area contributed by atoms with E-state index >= 15 is 0 Å². The molecule has 0 saturated carbocycles. The Kier molecular flexibility index (Phi) is 3.69. The van der Waals surface area contributed by atoms with E-state index in [0.717, 1.165) is 32.7 Å². The van der Waals surface area contributed by atoms with Crippen molar-refractivity contribution in [1.82, 2.24) is 15.1 Å². The fourth-order valence-corrected chi connectivity index (χ4v) is 2.58. The van der Waals surface area contributed by atoms with Crippen molar-refractivity contribution in [2.75, 3.05) is 31.1 Å². The lowest BCUT2D eigenvalue weighted by atomic mass is 10.2. The van der Waals surface area contributed by atoms with Crippen molar-refractivity contribution in [3.8, 4) is 0 Å². The number of aromatic nitrogens is 2. The van der Waals surface area contributed by atoms with Gasteiger partial charge in [0.2, 0.25) is 11.8 Å². The standard InChI is InChI=1S/C15H20N4O/c1-12-4-3-5-14(10-12)19-8-6-18(7-9-19)11-15-17-16-13(2)20-15/h3-5,10H,6-9,11H2,1-2H3. The van der Waals surface area contributed by atoms with Gasteiger partial charge in [0.1, 0.15) is 0 Å². The van der Waals surface area contributed by atoms with Gasteiger partial charge in [-0.1, -0.05) is 12.1 Å². The van der Waals surface area contributed by atoms with E-state index in [-0.39, 0.29) is 0 Å². The molecule has 2 heterocycles. The molecule has 0 N–H and O–H groups in total. The lowest BCUT2D eigenvalue weighted by Crippen LogP contribution is -2.46. The van der Waals surface area contributed by atoms with Crippen molar-refractivity contribution in [2.24, 2.45) is 0 Å². The summed E-state index contributed by atoms with van der Waals surface area (Å²) in [7, 11) is 0. The molecule has 0 spiro atoms. The van der Waals surface area contributed by atoms with E-state index in [1.165, 1.54) is 11.3 Å². The van der Waals surface area contributed by atoms with Gasteiger partial charge >= 0.3 is 0 Å². The lowest BCUT2D eigenvalue weighted by molar-refractivity contribution is 0.225. The molecule has 1 fully saturated rings. The van der Waals surface area contributed by atoms with Gasteiger partial charge in [0, 0.05) is 38.8 Å². The Balaban J connectivity index is 1.57. The van der Waals surface area contributed by atoms with Crippen molar-refractivity contribution in [1.29, 1.82) is 0 Å². The minimum Gasteiger partial charge on any atom is -0.424 e. The minimum absolute atomic E-state index is 0.637. The fourth-order valence-electron chi connectivity index (χ4n) is 2.58. The number of rotatable bonds is 3. The highest BCUT2D eigenvalue weighted by molar-refractivity contribution is 5.48. The molecule has 20 heavy (non-hydrogen) atoms. The first-order valence-electron chi connectivity index (χ1n) is 7.04. The second-order valence-corrected chi connectivity index (χ2v) is 5.32. The van der Waals surface area contributed by atoms with Crippen LogP contribution in [-0.2, 0) is 6.54 Å². The predicted octanol–water partition coefficient (Wildman–Crippen LogP) is 2.01. The average molecular weight is 272 g/mol. The van der Waals surface area contributed by atoms with Gasteiger partial charge in [-0.2, -0.15) is 0 Å². The molecule has 1 aliphatic rings. The summed E-state index contributed by atoms with van der Waals surface area (Å²) in [5.74, 6) is 1.35. The molecule has 0 radical (unpaired) electrons. The molecule has 5 heteroatoms. The molecule has 1 saturated heterocycles. The SMILES string of the molecule is Cc1cccc(N2CCN(Cc3nnc(C)o3)CC2)c1. The Labute approximate surface area is 119 Å². The van der Waals surface area contributed by atoms with Crippen LogP contribution >= 0.6 is 0 Å². The summed E-state index contributed by atoms with van der Waals surface area (Å²) in [5.41, 5.74) is 2.63. The molecular weight excluding hydrogens is 252 g/mol. The molecule has 0 aliphatic carbocycles. The Hall–Kier alpha value is -1.88. The third-order valence-corrected chi connectivity index (χ3v) is 3.67. The Bertz CT molecular complexity index is 573. The summed E-state index contributed by atoms with van der Waals surface area (Å²) in [4.78, 5) is 4.79. The van der Waals surface area contributed by atoms with Gasteiger partial charge in [-0.3, -0.25) is 4.90 Å². The first-order chi connectivity index (χ1) is 9.70. The van der Waals surface area contributed by atoms with E-state index < -0.39 is 0 Å². The third kappa shape index (κ3) is 2.99. The monoisotopic (exact) mass is 272 g/mol. The summed E-state index contributed by atoms with van der Waals surface area (Å²) in [6, 6.07) is 8.69. The molecule has 2 aromatic rings. The highest BCUT2D eigenvalue weighted by Crippen LogP contribution is 2.18. The highest BCUT2D eigenvalue weighted by Gasteiger charge is 2.19. The largest absolute Gasteiger partial charge is 0.424 e. The van der Waals surface area contributed by atoms with Crippen LogP contribution in [0.25, 0.3) is 0 Å². The lowest BCUT2D eigenvalue weighted by Gasteiger charge is -2.35. The summed E-state index contributed by atoms with van der Waals surface area (Å²) >= 11 is 0. The summed E-state index contributed by atoms with van der Waals surface area (Å²) < 4.78 is 5.44. The van der Waals surface area contributed by atoms with Gasteiger partial charge in [0.15, 0.2) is 0 Å². The third-order valence-electron chi connectivity index (χ3n) is 3.67. The van der Waals surface area contributed by atoms with Crippen molar-refractivity contribution in [3.05, 3.63) is 41.6 Å². The molecule has 0 atom stereocenters. The molecule has 1 aromatic heterocycles. The maximum Gasteiger partial charge on any atom is 0.230 e. The van der Waals surface area contributed by atoms with Crippen LogP contribution in [0.5, 0.6) is 0 Å². The molecule has 1 aliphatic heterocycles.